The Morgan fingerprint density at radius 3 is 2.52 bits per heavy atom. The average Bonchev–Trinajstić information content (AvgIpc) is 2.64. The molecule has 0 spiro atoms. The minimum absolute atomic E-state index is 0. The summed E-state index contributed by atoms with van der Waals surface area (Å²) < 4.78 is 7.35. The average molecular weight is 317 g/mol. The van der Waals surface area contributed by atoms with Crippen LogP contribution in [-0.2, 0) is 11.8 Å². The van der Waals surface area contributed by atoms with E-state index in [2.05, 4.69) is 10.4 Å². The van der Waals surface area contributed by atoms with Gasteiger partial charge in [-0.15, -0.1) is 12.4 Å². The molecule has 1 aromatic heterocycles. The lowest BCUT2D eigenvalue weighted by atomic mass is 9.92. The van der Waals surface area contributed by atoms with Crippen LogP contribution in [0.2, 0.25) is 0 Å². The molecular weight excluding hydrogens is 292 g/mol. The highest BCUT2D eigenvalue weighted by atomic mass is 35.5. The van der Waals surface area contributed by atoms with E-state index in [1.54, 1.807) is 4.68 Å². The Morgan fingerprint density at radius 2 is 2.00 bits per heavy atom. The molecule has 0 radical (unpaired) electrons. The number of nitrogens with zero attached hydrogens (tertiary/aromatic N) is 2. The standard InChI is InChI=1S/C14H24N4O2.ClH/c1-9-14(10(2)18(3)17-9)20-8-13(19)16-12-6-4-11(15)5-7-12;/h11-12H,4-8,15H2,1-3H3,(H,16,19);1H. The van der Waals surface area contributed by atoms with Gasteiger partial charge in [0.1, 0.15) is 5.69 Å². The Kier molecular flexibility index (Phi) is 6.48. The third-order valence-electron chi connectivity index (χ3n) is 3.93. The van der Waals surface area contributed by atoms with Crippen LogP contribution in [0.3, 0.4) is 0 Å². The van der Waals surface area contributed by atoms with Crippen LogP contribution < -0.4 is 15.8 Å². The maximum Gasteiger partial charge on any atom is 0.258 e. The Bertz CT molecular complexity index is 482. The number of rotatable bonds is 4. The number of nitrogens with two attached hydrogens (primary N) is 1. The first-order valence-electron chi connectivity index (χ1n) is 7.15. The first kappa shape index (κ1) is 17.8. The van der Waals surface area contributed by atoms with Gasteiger partial charge in [0.05, 0.1) is 5.69 Å². The smallest absolute Gasteiger partial charge is 0.258 e. The second kappa shape index (κ2) is 7.66. The van der Waals surface area contributed by atoms with E-state index in [4.69, 9.17) is 10.5 Å². The zero-order valence-electron chi connectivity index (χ0n) is 12.9. The van der Waals surface area contributed by atoms with Gasteiger partial charge in [-0.1, -0.05) is 0 Å². The second-order valence-electron chi connectivity index (χ2n) is 5.59. The van der Waals surface area contributed by atoms with E-state index >= 15 is 0 Å². The summed E-state index contributed by atoms with van der Waals surface area (Å²) in [6.07, 6.45) is 3.87. The molecule has 2 rings (SSSR count). The first-order chi connectivity index (χ1) is 9.47. The summed E-state index contributed by atoms with van der Waals surface area (Å²) in [6, 6.07) is 0.530. The van der Waals surface area contributed by atoms with Gasteiger partial charge in [-0.25, -0.2) is 0 Å². The Hall–Kier alpha value is -1.27. The lowest BCUT2D eigenvalue weighted by molar-refractivity contribution is -0.124. The summed E-state index contributed by atoms with van der Waals surface area (Å²) in [5, 5.41) is 7.27. The van der Waals surface area contributed by atoms with Crippen LogP contribution in [0.15, 0.2) is 0 Å². The minimum atomic E-state index is -0.0758. The molecule has 6 nitrogen and oxygen atoms in total. The van der Waals surface area contributed by atoms with Gasteiger partial charge in [-0.05, 0) is 39.5 Å². The summed E-state index contributed by atoms with van der Waals surface area (Å²) in [4.78, 5) is 11.9. The molecule has 0 bridgehead atoms. The van der Waals surface area contributed by atoms with Crippen molar-refractivity contribution >= 4 is 18.3 Å². The van der Waals surface area contributed by atoms with E-state index in [9.17, 15) is 4.79 Å². The number of aryl methyl sites for hydroxylation is 2. The summed E-state index contributed by atoms with van der Waals surface area (Å²) in [5.41, 5.74) is 7.59. The molecule has 7 heteroatoms. The van der Waals surface area contributed by atoms with Crippen molar-refractivity contribution in [1.82, 2.24) is 15.1 Å². The van der Waals surface area contributed by atoms with E-state index in [0.717, 1.165) is 37.1 Å². The highest BCUT2D eigenvalue weighted by molar-refractivity contribution is 5.85. The van der Waals surface area contributed by atoms with Gasteiger partial charge in [-0.2, -0.15) is 5.10 Å². The van der Waals surface area contributed by atoms with Crippen LogP contribution in [0.5, 0.6) is 5.75 Å². The molecule has 1 aliphatic carbocycles. The van der Waals surface area contributed by atoms with Crippen LogP contribution in [0.1, 0.15) is 37.1 Å². The fourth-order valence-electron chi connectivity index (χ4n) is 2.63. The molecule has 120 valence electrons. The molecule has 1 saturated carbocycles. The van der Waals surface area contributed by atoms with Crippen molar-refractivity contribution in [2.45, 2.75) is 51.6 Å². The van der Waals surface area contributed by atoms with Gasteiger partial charge in [0.25, 0.3) is 5.91 Å². The zero-order valence-corrected chi connectivity index (χ0v) is 13.7. The third kappa shape index (κ3) is 4.61. The van der Waals surface area contributed by atoms with Gasteiger partial charge in [0, 0.05) is 19.1 Å². The van der Waals surface area contributed by atoms with Crippen molar-refractivity contribution in [1.29, 1.82) is 0 Å². The van der Waals surface area contributed by atoms with E-state index in [0.29, 0.717) is 11.8 Å². The molecule has 0 aliphatic heterocycles. The normalized spacial score (nSPS) is 21.5. The first-order valence-corrected chi connectivity index (χ1v) is 7.15. The van der Waals surface area contributed by atoms with Crippen LogP contribution >= 0.6 is 12.4 Å². The predicted molar refractivity (Wildman–Crippen MR) is 83.8 cm³/mol. The number of aromatic nitrogens is 2. The van der Waals surface area contributed by atoms with Crippen molar-refractivity contribution in [2.24, 2.45) is 12.8 Å². The highest BCUT2D eigenvalue weighted by Gasteiger charge is 2.20. The Labute approximate surface area is 131 Å². The fourth-order valence-corrected chi connectivity index (χ4v) is 2.63. The molecule has 1 heterocycles. The van der Waals surface area contributed by atoms with Gasteiger partial charge >= 0.3 is 0 Å². The van der Waals surface area contributed by atoms with E-state index < -0.39 is 0 Å². The lowest BCUT2D eigenvalue weighted by Gasteiger charge is -2.26. The van der Waals surface area contributed by atoms with Crippen molar-refractivity contribution in [3.63, 3.8) is 0 Å². The minimum Gasteiger partial charge on any atom is -0.480 e. The van der Waals surface area contributed by atoms with Crippen LogP contribution in [0.25, 0.3) is 0 Å². The molecule has 0 atom stereocenters. The van der Waals surface area contributed by atoms with E-state index in [1.807, 2.05) is 20.9 Å². The highest BCUT2D eigenvalue weighted by Crippen LogP contribution is 2.21. The molecule has 0 saturated heterocycles. The maximum atomic E-state index is 11.9. The van der Waals surface area contributed by atoms with Crippen molar-refractivity contribution in [3.05, 3.63) is 11.4 Å². The monoisotopic (exact) mass is 316 g/mol. The molecule has 0 unspecified atom stereocenters. The SMILES string of the molecule is Cc1nn(C)c(C)c1OCC(=O)NC1CCC(N)CC1.Cl. The number of carbonyl (C=O) groups excluding carboxylic acids is 1. The molecule has 1 aliphatic rings. The molecule has 1 aromatic rings. The third-order valence-corrected chi connectivity index (χ3v) is 3.93. The number of hydrogen-bond acceptors (Lipinski definition) is 4. The lowest BCUT2D eigenvalue weighted by Crippen LogP contribution is -2.42. The summed E-state index contributed by atoms with van der Waals surface area (Å²) in [6.45, 7) is 3.84. The van der Waals surface area contributed by atoms with Crippen molar-refractivity contribution in [3.8, 4) is 5.75 Å². The summed E-state index contributed by atoms with van der Waals surface area (Å²) in [7, 11) is 1.86. The topological polar surface area (TPSA) is 82.2 Å². The van der Waals surface area contributed by atoms with Crippen LogP contribution in [0, 0.1) is 13.8 Å². The number of hydrogen-bond donors (Lipinski definition) is 2. The number of nitrogens with one attached hydrogen (secondary N) is 1. The zero-order chi connectivity index (χ0) is 14.7. The van der Waals surface area contributed by atoms with Gasteiger partial charge in [-0.3, -0.25) is 9.48 Å². The molecule has 0 aromatic carbocycles. The second-order valence-corrected chi connectivity index (χ2v) is 5.59. The fraction of sp³-hybridized carbons (Fsp3) is 0.714. The molecule has 1 amide bonds. The van der Waals surface area contributed by atoms with Crippen LogP contribution in [0.4, 0.5) is 0 Å². The molecule has 1 fully saturated rings. The number of carbonyl (C=O) groups is 1. The van der Waals surface area contributed by atoms with Crippen molar-refractivity contribution in [2.75, 3.05) is 6.61 Å². The Balaban J connectivity index is 0.00000220. The maximum absolute atomic E-state index is 11.9. The summed E-state index contributed by atoms with van der Waals surface area (Å²) in [5.74, 6) is 0.626. The molecule has 21 heavy (non-hydrogen) atoms. The largest absolute Gasteiger partial charge is 0.480 e. The molecule has 3 N–H and O–H groups in total. The quantitative estimate of drug-likeness (QED) is 0.875. The predicted octanol–water partition coefficient (Wildman–Crippen LogP) is 1.22. The van der Waals surface area contributed by atoms with Crippen LogP contribution in [-0.4, -0.2) is 34.4 Å². The Morgan fingerprint density at radius 1 is 1.38 bits per heavy atom. The number of amides is 1. The van der Waals surface area contributed by atoms with E-state index in [1.165, 1.54) is 0 Å². The van der Waals surface area contributed by atoms with Gasteiger partial charge in [0.2, 0.25) is 0 Å². The molecular formula is C14H25ClN4O2. The number of ether oxygens (including phenoxy) is 1. The van der Waals surface area contributed by atoms with Gasteiger partial charge < -0.3 is 15.8 Å². The van der Waals surface area contributed by atoms with Crippen molar-refractivity contribution < 1.29 is 9.53 Å². The summed E-state index contributed by atoms with van der Waals surface area (Å²) >= 11 is 0. The number of halogens is 1. The van der Waals surface area contributed by atoms with Gasteiger partial charge in [0.15, 0.2) is 12.4 Å². The van der Waals surface area contributed by atoms with E-state index in [-0.39, 0.29) is 31.0 Å².